The molecule has 0 unspecified atom stereocenters. The largest absolute Gasteiger partial charge is 0.481 e. The summed E-state index contributed by atoms with van der Waals surface area (Å²) in [7, 11) is 0. The van der Waals surface area contributed by atoms with Crippen LogP contribution in [0.1, 0.15) is 33.1 Å². The van der Waals surface area contributed by atoms with Crippen molar-refractivity contribution >= 4 is 29.5 Å². The van der Waals surface area contributed by atoms with Crippen LogP contribution in [-0.2, 0) is 14.4 Å². The molecule has 0 aromatic carbocycles. The minimum atomic E-state index is -0.934. The van der Waals surface area contributed by atoms with E-state index in [1.54, 1.807) is 0 Å². The standard InChI is InChI=1S/C12H20N2O4S/c1-3-12(4-2,5-11(17)18)13-9(15)6-14-8-19-7-10(14)16/h3-8H2,1-2H3,(H,13,15)(H,17,18). The van der Waals surface area contributed by atoms with Crippen molar-refractivity contribution in [2.24, 2.45) is 0 Å². The first-order valence-corrected chi connectivity index (χ1v) is 7.46. The third-order valence-corrected chi connectivity index (χ3v) is 4.35. The molecule has 0 bridgehead atoms. The number of thioether (sulfide) groups is 1. The average Bonchev–Trinajstić information content (AvgIpc) is 2.73. The van der Waals surface area contributed by atoms with Crippen molar-refractivity contribution in [2.45, 2.75) is 38.6 Å². The summed E-state index contributed by atoms with van der Waals surface area (Å²) in [4.78, 5) is 35.8. The lowest BCUT2D eigenvalue weighted by atomic mass is 9.89. The zero-order valence-corrected chi connectivity index (χ0v) is 12.1. The molecule has 1 saturated heterocycles. The highest BCUT2D eigenvalue weighted by Crippen LogP contribution is 2.20. The highest BCUT2D eigenvalue weighted by molar-refractivity contribution is 8.00. The van der Waals surface area contributed by atoms with Crippen molar-refractivity contribution in [1.29, 1.82) is 0 Å². The second kappa shape index (κ2) is 6.79. The van der Waals surface area contributed by atoms with Crippen molar-refractivity contribution < 1.29 is 19.5 Å². The zero-order chi connectivity index (χ0) is 14.5. The van der Waals surface area contributed by atoms with Gasteiger partial charge < -0.3 is 15.3 Å². The fourth-order valence-electron chi connectivity index (χ4n) is 2.06. The van der Waals surface area contributed by atoms with Gasteiger partial charge in [-0.3, -0.25) is 14.4 Å². The molecule has 0 aromatic rings. The number of rotatable bonds is 7. The van der Waals surface area contributed by atoms with Gasteiger partial charge in [0.25, 0.3) is 0 Å². The molecule has 108 valence electrons. The predicted molar refractivity (Wildman–Crippen MR) is 72.7 cm³/mol. The Balaban J connectivity index is 2.60. The number of amides is 2. The van der Waals surface area contributed by atoms with E-state index in [0.29, 0.717) is 24.5 Å². The van der Waals surface area contributed by atoms with Gasteiger partial charge in [0.1, 0.15) is 6.54 Å². The summed E-state index contributed by atoms with van der Waals surface area (Å²) < 4.78 is 0. The van der Waals surface area contributed by atoms with Crippen LogP contribution in [0.2, 0.25) is 0 Å². The summed E-state index contributed by atoms with van der Waals surface area (Å²) in [6.07, 6.45) is 0.989. The fraction of sp³-hybridized carbons (Fsp3) is 0.750. The first kappa shape index (κ1) is 15.8. The quantitative estimate of drug-likeness (QED) is 0.719. The Morgan fingerprint density at radius 1 is 1.42 bits per heavy atom. The van der Waals surface area contributed by atoms with Crippen LogP contribution >= 0.6 is 11.8 Å². The summed E-state index contributed by atoms with van der Waals surface area (Å²) in [5, 5.41) is 11.7. The number of carbonyl (C=O) groups is 3. The van der Waals surface area contributed by atoms with E-state index in [9.17, 15) is 14.4 Å². The molecule has 0 aromatic heterocycles. The number of nitrogens with one attached hydrogen (secondary N) is 1. The average molecular weight is 288 g/mol. The highest BCUT2D eigenvalue weighted by atomic mass is 32.2. The molecule has 0 spiro atoms. The van der Waals surface area contributed by atoms with Gasteiger partial charge in [0, 0.05) is 0 Å². The van der Waals surface area contributed by atoms with Gasteiger partial charge in [-0.1, -0.05) is 13.8 Å². The molecule has 19 heavy (non-hydrogen) atoms. The van der Waals surface area contributed by atoms with Crippen LogP contribution < -0.4 is 5.32 Å². The van der Waals surface area contributed by atoms with Crippen LogP contribution in [-0.4, -0.2) is 51.5 Å². The normalized spacial score (nSPS) is 15.7. The second-order valence-corrected chi connectivity index (χ2v) is 5.63. The van der Waals surface area contributed by atoms with Gasteiger partial charge in [0.05, 0.1) is 23.6 Å². The number of carbonyl (C=O) groups excluding carboxylic acids is 2. The van der Waals surface area contributed by atoms with E-state index < -0.39 is 11.5 Å². The molecule has 0 atom stereocenters. The minimum Gasteiger partial charge on any atom is -0.481 e. The number of hydrogen-bond donors (Lipinski definition) is 2. The van der Waals surface area contributed by atoms with Gasteiger partial charge in [-0.25, -0.2) is 0 Å². The Hall–Kier alpha value is -1.24. The topological polar surface area (TPSA) is 86.7 Å². The Labute approximate surface area is 116 Å². The third-order valence-electron chi connectivity index (χ3n) is 3.41. The van der Waals surface area contributed by atoms with Gasteiger partial charge in [-0.05, 0) is 12.8 Å². The van der Waals surface area contributed by atoms with Crippen LogP contribution in [0, 0.1) is 0 Å². The number of carboxylic acid groups (broad SMARTS) is 1. The Morgan fingerprint density at radius 3 is 2.47 bits per heavy atom. The molecular formula is C12H20N2O4S. The van der Waals surface area contributed by atoms with Crippen molar-refractivity contribution in [2.75, 3.05) is 18.2 Å². The molecule has 7 heteroatoms. The first-order valence-electron chi connectivity index (χ1n) is 6.30. The summed E-state index contributed by atoms with van der Waals surface area (Å²) >= 11 is 1.47. The van der Waals surface area contributed by atoms with Gasteiger partial charge in [0.15, 0.2) is 0 Å². The molecule has 1 aliphatic rings. The van der Waals surface area contributed by atoms with Gasteiger partial charge in [0.2, 0.25) is 11.8 Å². The smallest absolute Gasteiger partial charge is 0.305 e. The highest BCUT2D eigenvalue weighted by Gasteiger charge is 2.32. The van der Waals surface area contributed by atoms with Crippen molar-refractivity contribution in [3.8, 4) is 0 Å². The lowest BCUT2D eigenvalue weighted by Crippen LogP contribution is -2.52. The van der Waals surface area contributed by atoms with Crippen molar-refractivity contribution in [1.82, 2.24) is 10.2 Å². The zero-order valence-electron chi connectivity index (χ0n) is 11.3. The number of carboxylic acids is 1. The van der Waals surface area contributed by atoms with Crippen LogP contribution in [0.4, 0.5) is 0 Å². The summed E-state index contributed by atoms with van der Waals surface area (Å²) in [6, 6.07) is 0. The fourth-order valence-corrected chi connectivity index (χ4v) is 2.96. The van der Waals surface area contributed by atoms with Crippen LogP contribution in [0.3, 0.4) is 0 Å². The summed E-state index contributed by atoms with van der Waals surface area (Å²) in [5.41, 5.74) is -0.723. The minimum absolute atomic E-state index is 0.00715. The van der Waals surface area contributed by atoms with Crippen molar-refractivity contribution in [3.05, 3.63) is 0 Å². The first-order chi connectivity index (χ1) is 8.92. The molecule has 2 N–H and O–H groups in total. The van der Waals surface area contributed by atoms with Crippen LogP contribution in [0.5, 0.6) is 0 Å². The maximum atomic E-state index is 12.0. The number of nitrogens with zero attached hydrogens (tertiary/aromatic N) is 1. The molecule has 0 radical (unpaired) electrons. The molecule has 2 amide bonds. The van der Waals surface area contributed by atoms with Gasteiger partial charge >= 0.3 is 5.97 Å². The van der Waals surface area contributed by atoms with E-state index >= 15 is 0 Å². The van der Waals surface area contributed by atoms with Crippen LogP contribution in [0.15, 0.2) is 0 Å². The maximum Gasteiger partial charge on any atom is 0.305 e. The van der Waals surface area contributed by atoms with Gasteiger partial charge in [-0.2, -0.15) is 0 Å². The Morgan fingerprint density at radius 2 is 2.05 bits per heavy atom. The van der Waals surface area contributed by atoms with Crippen LogP contribution in [0.25, 0.3) is 0 Å². The molecular weight excluding hydrogens is 268 g/mol. The monoisotopic (exact) mass is 288 g/mol. The van der Waals surface area contributed by atoms with E-state index in [1.165, 1.54) is 16.7 Å². The Kier molecular flexibility index (Phi) is 5.65. The molecule has 1 rings (SSSR count). The lowest BCUT2D eigenvalue weighted by molar-refractivity contribution is -0.140. The predicted octanol–water partition coefficient (Wildman–Crippen LogP) is 0.669. The molecule has 6 nitrogen and oxygen atoms in total. The number of aliphatic carboxylic acids is 1. The number of hydrogen-bond acceptors (Lipinski definition) is 4. The summed E-state index contributed by atoms with van der Waals surface area (Å²) in [5.74, 6) is -0.333. The van der Waals surface area contributed by atoms with Gasteiger partial charge in [-0.15, -0.1) is 11.8 Å². The van der Waals surface area contributed by atoms with E-state index in [2.05, 4.69) is 5.32 Å². The molecule has 0 saturated carbocycles. The Bertz CT molecular complexity index is 369. The lowest BCUT2D eigenvalue weighted by Gasteiger charge is -2.32. The second-order valence-electron chi connectivity index (χ2n) is 4.68. The molecule has 1 fully saturated rings. The van der Waals surface area contributed by atoms with E-state index in [-0.39, 0.29) is 24.8 Å². The van der Waals surface area contributed by atoms with E-state index in [4.69, 9.17) is 5.11 Å². The molecule has 1 aliphatic heterocycles. The van der Waals surface area contributed by atoms with E-state index in [1.807, 2.05) is 13.8 Å². The molecule has 1 heterocycles. The molecule has 0 aliphatic carbocycles. The maximum absolute atomic E-state index is 12.0. The van der Waals surface area contributed by atoms with Crippen molar-refractivity contribution in [3.63, 3.8) is 0 Å². The third kappa shape index (κ3) is 4.41. The van der Waals surface area contributed by atoms with E-state index in [0.717, 1.165) is 0 Å². The SMILES string of the molecule is CCC(CC)(CC(=O)O)NC(=O)CN1CSCC1=O. The summed E-state index contributed by atoms with van der Waals surface area (Å²) in [6.45, 7) is 3.71.